The fraction of sp³-hybridized carbons (Fsp3) is 0.469. The molecule has 3 aromatic carbocycles. The van der Waals surface area contributed by atoms with Crippen LogP contribution in [-0.4, -0.2) is 93.1 Å². The molecule has 7 rings (SSSR count). The van der Waals surface area contributed by atoms with E-state index in [2.05, 4.69) is 102 Å². The molecule has 0 radical (unpaired) electrons. The van der Waals surface area contributed by atoms with Gasteiger partial charge in [-0.2, -0.15) is 0 Å². The van der Waals surface area contributed by atoms with Gasteiger partial charge < -0.3 is 39.9 Å². The van der Waals surface area contributed by atoms with Gasteiger partial charge in [-0.15, -0.1) is 0 Å². The van der Waals surface area contributed by atoms with Gasteiger partial charge in [0.25, 0.3) is 0 Å². The first-order valence-corrected chi connectivity index (χ1v) is 22.0. The molecule has 4 amide bonds. The molecule has 0 aliphatic carbocycles. The number of fused-ring (bicyclic) bond motifs is 1. The molecule has 2 aromatic heterocycles. The Balaban J connectivity index is 1.06. The van der Waals surface area contributed by atoms with Crippen molar-refractivity contribution < 1.29 is 28.7 Å². The Kier molecular flexibility index (Phi) is 12.7. The predicted molar refractivity (Wildman–Crippen MR) is 243 cm³/mol. The van der Waals surface area contributed by atoms with Crippen molar-refractivity contribution in [3.63, 3.8) is 0 Å². The van der Waals surface area contributed by atoms with E-state index in [9.17, 15) is 19.2 Å². The van der Waals surface area contributed by atoms with Gasteiger partial charge in [0, 0.05) is 18.7 Å². The summed E-state index contributed by atoms with van der Waals surface area (Å²) in [6, 6.07) is 19.2. The van der Waals surface area contributed by atoms with Gasteiger partial charge in [-0.3, -0.25) is 9.59 Å². The van der Waals surface area contributed by atoms with E-state index in [-0.39, 0.29) is 41.1 Å². The van der Waals surface area contributed by atoms with Crippen LogP contribution in [0.25, 0.3) is 44.4 Å². The molecule has 334 valence electrons. The zero-order valence-corrected chi connectivity index (χ0v) is 38.2. The number of imidazole rings is 2. The minimum Gasteiger partial charge on any atom is -0.453 e. The molecule has 2 aliphatic rings. The zero-order chi connectivity index (χ0) is 45.4. The van der Waals surface area contributed by atoms with Gasteiger partial charge in [-0.1, -0.05) is 104 Å². The highest BCUT2D eigenvalue weighted by Gasteiger charge is 2.46. The van der Waals surface area contributed by atoms with Crippen molar-refractivity contribution >= 4 is 34.8 Å². The van der Waals surface area contributed by atoms with Crippen LogP contribution >= 0.6 is 0 Å². The molecule has 2 fully saturated rings. The number of nitrogens with zero attached hydrogens (tertiary/aromatic N) is 4. The fourth-order valence-electron chi connectivity index (χ4n) is 9.05. The number of likely N-dealkylation sites (tertiary alicyclic amines) is 2. The molecule has 0 bridgehead atoms. The maximum Gasteiger partial charge on any atom is 0.407 e. The summed E-state index contributed by atoms with van der Waals surface area (Å²) in [6.07, 6.45) is 4.82. The first-order chi connectivity index (χ1) is 29.9. The van der Waals surface area contributed by atoms with Crippen LogP contribution in [0.4, 0.5) is 9.59 Å². The lowest BCUT2D eigenvalue weighted by molar-refractivity contribution is -0.137. The fourth-order valence-corrected chi connectivity index (χ4v) is 9.05. The number of nitrogens with one attached hydrogen (secondary N) is 4. The van der Waals surface area contributed by atoms with Crippen molar-refractivity contribution in [3.8, 4) is 33.6 Å². The minimum absolute atomic E-state index is 0.0903. The number of hydrogen-bond acceptors (Lipinski definition) is 8. The number of H-pyrrole nitrogens is 2. The van der Waals surface area contributed by atoms with E-state index in [1.165, 1.54) is 14.2 Å². The van der Waals surface area contributed by atoms with Crippen LogP contribution in [0.1, 0.15) is 98.4 Å². The molecule has 14 heteroatoms. The number of alkyl carbamates (subject to hydrolysis) is 2. The quantitative estimate of drug-likeness (QED) is 0.102. The molecular weight excluding hydrogens is 797 g/mol. The molecule has 5 aromatic rings. The van der Waals surface area contributed by atoms with Gasteiger partial charge in [0.1, 0.15) is 23.7 Å². The molecular formula is C49H62N8O6. The third-order valence-corrected chi connectivity index (χ3v) is 13.0. The summed E-state index contributed by atoms with van der Waals surface area (Å²) in [4.78, 5) is 72.6. The first kappa shape index (κ1) is 44.9. The summed E-state index contributed by atoms with van der Waals surface area (Å²) < 4.78 is 9.67. The average molecular weight is 859 g/mol. The van der Waals surface area contributed by atoms with Crippen molar-refractivity contribution in [1.82, 2.24) is 40.4 Å². The summed E-state index contributed by atoms with van der Waals surface area (Å²) in [5.41, 5.74) is 5.25. The van der Waals surface area contributed by atoms with Gasteiger partial charge >= 0.3 is 12.2 Å². The van der Waals surface area contributed by atoms with Crippen LogP contribution in [-0.2, 0) is 19.1 Å². The van der Waals surface area contributed by atoms with Crippen LogP contribution in [0, 0.1) is 22.7 Å². The van der Waals surface area contributed by atoms with Crippen LogP contribution in [0.2, 0.25) is 0 Å². The van der Waals surface area contributed by atoms with E-state index in [1.54, 1.807) is 0 Å². The Morgan fingerprint density at radius 1 is 0.778 bits per heavy atom. The van der Waals surface area contributed by atoms with Crippen molar-refractivity contribution in [3.05, 3.63) is 84.7 Å². The Morgan fingerprint density at radius 2 is 1.32 bits per heavy atom. The van der Waals surface area contributed by atoms with E-state index in [0.717, 1.165) is 75.3 Å². The molecule has 2 saturated heterocycles. The van der Waals surface area contributed by atoms with Gasteiger partial charge in [-0.05, 0) is 81.5 Å². The summed E-state index contributed by atoms with van der Waals surface area (Å²) in [6.45, 7) is 17.2. The number of carbonyl (C=O) groups is 4. The van der Waals surface area contributed by atoms with E-state index in [4.69, 9.17) is 19.4 Å². The smallest absolute Gasteiger partial charge is 0.407 e. The van der Waals surface area contributed by atoms with Gasteiger partial charge in [0.05, 0.1) is 50.1 Å². The lowest BCUT2D eigenvalue weighted by atomic mass is 9.85. The lowest BCUT2D eigenvalue weighted by Gasteiger charge is -2.35. The maximum absolute atomic E-state index is 14.0. The predicted octanol–water partition coefficient (Wildman–Crippen LogP) is 9.04. The molecule has 14 nitrogen and oxygen atoms in total. The molecule has 4 heterocycles. The summed E-state index contributed by atoms with van der Waals surface area (Å²) in [5, 5.41) is 7.69. The number of rotatable bonds is 11. The van der Waals surface area contributed by atoms with Crippen LogP contribution in [0.15, 0.2) is 73.1 Å². The van der Waals surface area contributed by atoms with Crippen LogP contribution < -0.4 is 10.6 Å². The highest BCUT2D eigenvalue weighted by molar-refractivity contribution is 5.91. The average Bonchev–Trinajstić information content (AvgIpc) is 4.09. The Hall–Kier alpha value is -6.18. The van der Waals surface area contributed by atoms with Crippen LogP contribution in [0.3, 0.4) is 0 Å². The van der Waals surface area contributed by atoms with E-state index in [0.29, 0.717) is 13.1 Å². The zero-order valence-electron chi connectivity index (χ0n) is 38.2. The van der Waals surface area contributed by atoms with Crippen molar-refractivity contribution in [2.24, 2.45) is 22.7 Å². The van der Waals surface area contributed by atoms with Crippen LogP contribution in [0.5, 0.6) is 0 Å². The number of carbonyl (C=O) groups excluding carboxylic acids is 4. The first-order valence-electron chi connectivity index (χ1n) is 22.0. The highest BCUT2D eigenvalue weighted by Crippen LogP contribution is 2.45. The second-order valence-electron chi connectivity index (χ2n) is 19.2. The third-order valence-electron chi connectivity index (χ3n) is 13.0. The Labute approximate surface area is 369 Å². The van der Waals surface area contributed by atoms with E-state index >= 15 is 0 Å². The topological polar surface area (TPSA) is 175 Å². The molecule has 1 unspecified atom stereocenters. The lowest BCUT2D eigenvalue weighted by Crippen LogP contribution is -2.54. The summed E-state index contributed by atoms with van der Waals surface area (Å²) in [7, 11) is 2.60. The minimum atomic E-state index is -0.754. The largest absolute Gasteiger partial charge is 0.453 e. The second kappa shape index (κ2) is 17.9. The number of amides is 4. The third kappa shape index (κ3) is 9.45. The standard InChI is InChI=1S/C49H62N8O6/c1-11-49(8)23-39(57(27-49)44(58)40(28(2)3)54-46(60)62-9)43-51-25-37(53-43)35-19-18-33-21-32(16-17-34(33)22-35)30-12-14-31(15-13-30)36-24-50-42(52-36)38-20-29(4)26-56(38)45(59)41(48(5,6)7)55-47(61)63-10/h12-19,21-22,24-25,28-29,38-41H,11,20,23,26-27H2,1-10H3,(H,50,52)(H,51,53)(H,54,60)(H,55,61)/t29-,38-,39-,40-,41+,49?/m0/s1. The number of benzene rings is 3. The summed E-state index contributed by atoms with van der Waals surface area (Å²) >= 11 is 0. The SMILES string of the molecule is CCC1(C)C[C@@H](c2ncc(-c3ccc4cc(-c5ccc(-c6cnc([C@@H]7C[C@H](C)CN7C(=O)[C@@H](NC(=O)OC)C(C)(C)C)[nH]6)cc5)ccc4c3)[nH]2)N(C(=O)[C@@H](NC(=O)OC)C(C)C)C1. The number of aromatic amines is 2. The van der Waals surface area contributed by atoms with Crippen molar-refractivity contribution in [1.29, 1.82) is 0 Å². The molecule has 63 heavy (non-hydrogen) atoms. The molecule has 6 atom stereocenters. The number of ether oxygens (including phenoxy) is 2. The van der Waals surface area contributed by atoms with E-state index in [1.807, 2.05) is 56.8 Å². The highest BCUT2D eigenvalue weighted by atomic mass is 16.5. The van der Waals surface area contributed by atoms with Crippen molar-refractivity contribution in [2.45, 2.75) is 98.8 Å². The van der Waals surface area contributed by atoms with E-state index < -0.39 is 29.7 Å². The number of methoxy groups -OCH3 is 2. The Bertz CT molecular complexity index is 2470. The molecule has 4 N–H and O–H groups in total. The summed E-state index contributed by atoms with van der Waals surface area (Å²) in [5.74, 6) is 1.30. The monoisotopic (exact) mass is 858 g/mol. The second-order valence-corrected chi connectivity index (χ2v) is 19.2. The Morgan fingerprint density at radius 3 is 1.90 bits per heavy atom. The molecule has 2 aliphatic heterocycles. The maximum atomic E-state index is 14.0. The molecule has 0 spiro atoms. The number of hydrogen-bond donors (Lipinski definition) is 4. The van der Waals surface area contributed by atoms with Gasteiger partial charge in [0.15, 0.2) is 0 Å². The molecule has 0 saturated carbocycles. The van der Waals surface area contributed by atoms with Gasteiger partial charge in [0.2, 0.25) is 11.8 Å². The van der Waals surface area contributed by atoms with Crippen molar-refractivity contribution in [2.75, 3.05) is 27.3 Å². The normalized spacial score (nSPS) is 21.1. The van der Waals surface area contributed by atoms with Gasteiger partial charge in [-0.25, -0.2) is 19.6 Å². The number of aromatic nitrogens is 4.